The van der Waals surface area contributed by atoms with Gasteiger partial charge in [0.2, 0.25) is 11.6 Å². The van der Waals surface area contributed by atoms with Crippen LogP contribution in [0.25, 0.3) is 33.5 Å². The van der Waals surface area contributed by atoms with Gasteiger partial charge in [-0.15, -0.1) is 0 Å². The lowest BCUT2D eigenvalue weighted by Crippen LogP contribution is -2.20. The van der Waals surface area contributed by atoms with Crippen LogP contribution in [0.3, 0.4) is 0 Å². The Balaban J connectivity index is 1.74. The van der Waals surface area contributed by atoms with Gasteiger partial charge in [0, 0.05) is 22.0 Å². The molecule has 5 rings (SSSR count). The zero-order chi connectivity index (χ0) is 23.1. The maximum absolute atomic E-state index is 13.3. The lowest BCUT2D eigenvalue weighted by atomic mass is 10.2. The number of nitro groups is 1. The summed E-state index contributed by atoms with van der Waals surface area (Å²) in [5.41, 5.74) is -0.0437. The molecule has 33 heavy (non-hydrogen) atoms. The number of halogens is 1. The van der Waals surface area contributed by atoms with Crippen molar-refractivity contribution in [3.8, 4) is 17.3 Å². The maximum Gasteiger partial charge on any atom is 0.312 e. The zero-order valence-electron chi connectivity index (χ0n) is 16.7. The van der Waals surface area contributed by atoms with Gasteiger partial charge >= 0.3 is 5.69 Å². The third kappa shape index (κ3) is 3.60. The minimum absolute atomic E-state index is 0.0300. The molecular weight excluding hydrogens is 448 g/mol. The molecule has 2 aromatic heterocycles. The largest absolute Gasteiger partial charge is 0.502 e. The van der Waals surface area contributed by atoms with E-state index in [9.17, 15) is 20.0 Å². The van der Waals surface area contributed by atoms with Gasteiger partial charge in [0.05, 0.1) is 22.0 Å². The Morgan fingerprint density at radius 3 is 2.67 bits per heavy atom. The topological polar surface area (TPSA) is 124 Å². The number of fused-ring (bicyclic) bond motifs is 2. The van der Waals surface area contributed by atoms with Gasteiger partial charge in [-0.1, -0.05) is 41.9 Å². The SMILES string of the molecule is O=c1c2ccccc2nc(-c2cc3ccccc3o2)n1N=Cc1cc(Cl)cc([N+](=O)[O-])c1O. The first kappa shape index (κ1) is 20.4. The number of benzene rings is 3. The summed E-state index contributed by atoms with van der Waals surface area (Å²) < 4.78 is 6.91. The van der Waals surface area contributed by atoms with Crippen molar-refractivity contribution in [1.29, 1.82) is 0 Å². The molecule has 9 nitrogen and oxygen atoms in total. The molecule has 3 aromatic carbocycles. The smallest absolute Gasteiger partial charge is 0.312 e. The molecule has 0 aliphatic rings. The Hall–Kier alpha value is -4.50. The first-order valence-corrected chi connectivity index (χ1v) is 10.0. The number of furan rings is 1. The highest BCUT2D eigenvalue weighted by atomic mass is 35.5. The van der Waals surface area contributed by atoms with Crippen molar-refractivity contribution in [2.75, 3.05) is 0 Å². The number of para-hydroxylation sites is 2. The van der Waals surface area contributed by atoms with E-state index in [0.29, 0.717) is 22.2 Å². The van der Waals surface area contributed by atoms with Gasteiger partial charge in [0.1, 0.15) is 5.58 Å². The standard InChI is InChI=1S/C23H13ClN4O5/c24-15-9-14(21(29)18(11-15)28(31)32)12-25-27-22(20-10-13-5-1-4-8-19(13)33-20)26-17-7-3-2-6-16(17)23(27)30/h1-12,29H. The molecule has 0 bridgehead atoms. The van der Waals surface area contributed by atoms with Crippen LogP contribution in [-0.4, -0.2) is 25.9 Å². The van der Waals surface area contributed by atoms with Gasteiger partial charge in [-0.05, 0) is 30.3 Å². The second-order valence-corrected chi connectivity index (χ2v) is 7.52. The second-order valence-electron chi connectivity index (χ2n) is 7.08. The molecule has 0 saturated heterocycles. The Labute approximate surface area is 189 Å². The Kier molecular flexibility index (Phi) is 4.87. The van der Waals surface area contributed by atoms with E-state index in [2.05, 4.69) is 10.1 Å². The van der Waals surface area contributed by atoms with Crippen LogP contribution in [-0.2, 0) is 0 Å². The fraction of sp³-hybridized carbons (Fsp3) is 0. The van der Waals surface area contributed by atoms with Crippen LogP contribution in [0, 0.1) is 10.1 Å². The van der Waals surface area contributed by atoms with Gasteiger partial charge in [-0.3, -0.25) is 14.9 Å². The summed E-state index contributed by atoms with van der Waals surface area (Å²) in [5, 5.41) is 26.8. The number of phenolic OH excluding ortho intramolecular Hbond substituents is 1. The Bertz CT molecular complexity index is 1620. The van der Waals surface area contributed by atoms with Crippen LogP contribution >= 0.6 is 11.6 Å². The molecule has 5 aromatic rings. The van der Waals surface area contributed by atoms with E-state index in [0.717, 1.165) is 22.3 Å². The van der Waals surface area contributed by atoms with Crippen molar-refractivity contribution >= 4 is 45.4 Å². The van der Waals surface area contributed by atoms with Crippen molar-refractivity contribution in [3.63, 3.8) is 0 Å². The van der Waals surface area contributed by atoms with Gasteiger partial charge < -0.3 is 9.52 Å². The molecule has 0 fully saturated rings. The number of hydrogen-bond acceptors (Lipinski definition) is 7. The summed E-state index contributed by atoms with van der Waals surface area (Å²) in [5.74, 6) is -0.195. The Morgan fingerprint density at radius 2 is 1.88 bits per heavy atom. The van der Waals surface area contributed by atoms with E-state index < -0.39 is 21.9 Å². The zero-order valence-corrected chi connectivity index (χ0v) is 17.4. The molecule has 162 valence electrons. The van der Waals surface area contributed by atoms with E-state index in [1.165, 1.54) is 6.07 Å². The van der Waals surface area contributed by atoms with Crippen molar-refractivity contribution in [2.24, 2.45) is 5.10 Å². The minimum Gasteiger partial charge on any atom is -0.502 e. The normalized spacial score (nSPS) is 11.5. The average Bonchev–Trinajstić information content (AvgIpc) is 3.24. The highest BCUT2D eigenvalue weighted by Gasteiger charge is 2.19. The number of aromatic nitrogens is 2. The molecule has 1 N–H and O–H groups in total. The van der Waals surface area contributed by atoms with E-state index >= 15 is 0 Å². The van der Waals surface area contributed by atoms with Crippen molar-refractivity contribution < 1.29 is 14.4 Å². The van der Waals surface area contributed by atoms with Crippen molar-refractivity contribution in [1.82, 2.24) is 9.66 Å². The average molecular weight is 461 g/mol. The van der Waals surface area contributed by atoms with Crippen LogP contribution in [0.15, 0.2) is 81.0 Å². The second kappa shape index (κ2) is 7.88. The van der Waals surface area contributed by atoms with Crippen molar-refractivity contribution in [3.05, 3.63) is 97.8 Å². The molecule has 2 heterocycles. The van der Waals surface area contributed by atoms with E-state index in [1.54, 1.807) is 36.4 Å². The van der Waals surface area contributed by atoms with Crippen LogP contribution in [0.2, 0.25) is 5.02 Å². The number of phenols is 1. The summed E-state index contributed by atoms with van der Waals surface area (Å²) in [6.45, 7) is 0. The van der Waals surface area contributed by atoms with Gasteiger partial charge in [0.25, 0.3) is 5.56 Å². The van der Waals surface area contributed by atoms with Crippen LogP contribution in [0.5, 0.6) is 5.75 Å². The summed E-state index contributed by atoms with van der Waals surface area (Å²) in [6.07, 6.45) is 1.11. The number of nitrogens with zero attached hydrogens (tertiary/aromatic N) is 4. The fourth-order valence-corrected chi connectivity index (χ4v) is 3.67. The summed E-state index contributed by atoms with van der Waals surface area (Å²) in [4.78, 5) is 28.2. The molecule has 0 saturated carbocycles. The fourth-order valence-electron chi connectivity index (χ4n) is 3.45. The number of nitro benzene ring substituents is 1. The van der Waals surface area contributed by atoms with Gasteiger partial charge in [-0.25, -0.2) is 4.98 Å². The molecule has 0 aliphatic carbocycles. The molecule has 0 unspecified atom stereocenters. The van der Waals surface area contributed by atoms with Crippen LogP contribution < -0.4 is 5.56 Å². The molecule has 0 atom stereocenters. The maximum atomic E-state index is 13.3. The predicted molar refractivity (Wildman–Crippen MR) is 124 cm³/mol. The number of rotatable bonds is 4. The van der Waals surface area contributed by atoms with Crippen molar-refractivity contribution in [2.45, 2.75) is 0 Å². The van der Waals surface area contributed by atoms with Crippen LogP contribution in [0.1, 0.15) is 5.56 Å². The van der Waals surface area contributed by atoms with Gasteiger partial charge in [0.15, 0.2) is 5.76 Å². The van der Waals surface area contributed by atoms with Gasteiger partial charge in [-0.2, -0.15) is 9.78 Å². The molecule has 10 heteroatoms. The van der Waals surface area contributed by atoms with E-state index in [1.807, 2.05) is 18.2 Å². The highest BCUT2D eigenvalue weighted by molar-refractivity contribution is 6.31. The number of hydrogen-bond donors (Lipinski definition) is 1. The summed E-state index contributed by atoms with van der Waals surface area (Å²) in [7, 11) is 0. The highest BCUT2D eigenvalue weighted by Crippen LogP contribution is 2.32. The predicted octanol–water partition coefficient (Wildman–Crippen LogP) is 4.96. The quantitative estimate of drug-likeness (QED) is 0.229. The van der Waals surface area contributed by atoms with Crippen LogP contribution in [0.4, 0.5) is 5.69 Å². The van der Waals surface area contributed by atoms with E-state index in [4.69, 9.17) is 16.0 Å². The van der Waals surface area contributed by atoms with E-state index in [-0.39, 0.29) is 16.4 Å². The summed E-state index contributed by atoms with van der Waals surface area (Å²) >= 11 is 5.96. The first-order valence-electron chi connectivity index (χ1n) is 9.64. The third-order valence-corrected chi connectivity index (χ3v) is 5.21. The third-order valence-electron chi connectivity index (χ3n) is 4.99. The molecule has 0 spiro atoms. The lowest BCUT2D eigenvalue weighted by Gasteiger charge is -2.07. The Morgan fingerprint density at radius 1 is 1.12 bits per heavy atom. The molecule has 0 aliphatic heterocycles. The summed E-state index contributed by atoms with van der Waals surface area (Å²) in [6, 6.07) is 18.2. The first-order chi connectivity index (χ1) is 15.9. The minimum atomic E-state index is -0.762. The number of aromatic hydroxyl groups is 1. The lowest BCUT2D eigenvalue weighted by molar-refractivity contribution is -0.385. The molecule has 0 radical (unpaired) electrons. The molecular formula is C23H13ClN4O5. The monoisotopic (exact) mass is 460 g/mol. The molecule has 0 amide bonds.